The van der Waals surface area contributed by atoms with Crippen molar-refractivity contribution >= 4 is 22.6 Å². The molecule has 0 spiro atoms. The standard InChI is InChI=1S/C21H22ClNO3/c1-13-7-18-15(10-21(24)26-20(18)8-14(13)2)11-23(3)12-16-9-17(22)5-6-19(16)25-4/h5-10H,11-12H2,1-4H3. The fourth-order valence-electron chi connectivity index (χ4n) is 3.12. The van der Waals surface area contributed by atoms with Crippen LogP contribution in [0.15, 0.2) is 45.6 Å². The average Bonchev–Trinajstić information content (AvgIpc) is 2.57. The molecule has 26 heavy (non-hydrogen) atoms. The lowest BCUT2D eigenvalue weighted by Crippen LogP contribution is -2.19. The van der Waals surface area contributed by atoms with Crippen molar-refractivity contribution in [2.24, 2.45) is 0 Å². The third-order valence-electron chi connectivity index (χ3n) is 4.57. The maximum Gasteiger partial charge on any atom is 0.336 e. The highest BCUT2D eigenvalue weighted by Crippen LogP contribution is 2.26. The van der Waals surface area contributed by atoms with Crippen LogP contribution in [0.4, 0.5) is 0 Å². The van der Waals surface area contributed by atoms with Crippen LogP contribution in [0.5, 0.6) is 5.75 Å². The highest BCUT2D eigenvalue weighted by molar-refractivity contribution is 6.30. The quantitative estimate of drug-likeness (QED) is 0.609. The Morgan fingerprint density at radius 1 is 1.04 bits per heavy atom. The molecule has 136 valence electrons. The minimum absolute atomic E-state index is 0.329. The van der Waals surface area contributed by atoms with Crippen LogP contribution in [0.25, 0.3) is 11.0 Å². The van der Waals surface area contributed by atoms with E-state index < -0.39 is 0 Å². The molecular weight excluding hydrogens is 350 g/mol. The van der Waals surface area contributed by atoms with E-state index in [2.05, 4.69) is 17.9 Å². The Hall–Kier alpha value is -2.30. The smallest absolute Gasteiger partial charge is 0.336 e. The Bertz CT molecular complexity index is 1010. The summed E-state index contributed by atoms with van der Waals surface area (Å²) < 4.78 is 10.8. The third-order valence-corrected chi connectivity index (χ3v) is 4.80. The first-order valence-electron chi connectivity index (χ1n) is 8.42. The van der Waals surface area contributed by atoms with Gasteiger partial charge in [-0.05, 0) is 67.9 Å². The molecule has 2 aromatic carbocycles. The second kappa shape index (κ2) is 7.52. The fourth-order valence-corrected chi connectivity index (χ4v) is 3.32. The van der Waals surface area contributed by atoms with Crippen molar-refractivity contribution in [2.75, 3.05) is 14.2 Å². The van der Waals surface area contributed by atoms with Crippen LogP contribution >= 0.6 is 11.6 Å². The van der Waals surface area contributed by atoms with Gasteiger partial charge in [0.05, 0.1) is 7.11 Å². The summed E-state index contributed by atoms with van der Waals surface area (Å²) in [5.74, 6) is 0.796. The van der Waals surface area contributed by atoms with Gasteiger partial charge < -0.3 is 9.15 Å². The Balaban J connectivity index is 1.92. The summed E-state index contributed by atoms with van der Waals surface area (Å²) in [5.41, 5.74) is 4.53. The predicted octanol–water partition coefficient (Wildman–Crippen LogP) is 4.70. The minimum Gasteiger partial charge on any atom is -0.496 e. The van der Waals surface area contributed by atoms with Crippen molar-refractivity contribution in [3.63, 3.8) is 0 Å². The van der Waals surface area contributed by atoms with Crippen molar-refractivity contribution in [3.8, 4) is 5.75 Å². The number of fused-ring (bicyclic) bond motifs is 1. The number of nitrogens with zero attached hydrogens (tertiary/aromatic N) is 1. The average molecular weight is 372 g/mol. The summed E-state index contributed by atoms with van der Waals surface area (Å²) in [4.78, 5) is 14.1. The maximum absolute atomic E-state index is 12.0. The van der Waals surface area contributed by atoms with E-state index in [1.807, 2.05) is 38.2 Å². The Labute approximate surface area is 158 Å². The molecule has 0 bridgehead atoms. The number of halogens is 1. The molecule has 0 amide bonds. The van der Waals surface area contributed by atoms with Gasteiger partial charge >= 0.3 is 5.63 Å². The van der Waals surface area contributed by atoms with E-state index in [9.17, 15) is 4.79 Å². The van der Waals surface area contributed by atoms with Gasteiger partial charge in [-0.15, -0.1) is 0 Å². The Kier molecular flexibility index (Phi) is 5.35. The zero-order valence-electron chi connectivity index (χ0n) is 15.4. The van der Waals surface area contributed by atoms with Gasteiger partial charge in [0.2, 0.25) is 0 Å². The molecule has 5 heteroatoms. The molecule has 0 N–H and O–H groups in total. The maximum atomic E-state index is 12.0. The van der Waals surface area contributed by atoms with Crippen LogP contribution in [-0.2, 0) is 13.1 Å². The Morgan fingerprint density at radius 2 is 1.73 bits per heavy atom. The van der Waals surface area contributed by atoms with E-state index in [1.165, 1.54) is 5.56 Å². The molecule has 4 nitrogen and oxygen atoms in total. The first-order valence-corrected chi connectivity index (χ1v) is 8.80. The lowest BCUT2D eigenvalue weighted by atomic mass is 10.0. The summed E-state index contributed by atoms with van der Waals surface area (Å²) in [7, 11) is 3.65. The zero-order valence-corrected chi connectivity index (χ0v) is 16.2. The summed E-state index contributed by atoms with van der Waals surface area (Å²) in [5, 5.41) is 1.64. The van der Waals surface area contributed by atoms with Crippen molar-refractivity contribution in [3.05, 3.63) is 74.1 Å². The van der Waals surface area contributed by atoms with Crippen molar-refractivity contribution in [2.45, 2.75) is 26.9 Å². The number of rotatable bonds is 5. The van der Waals surface area contributed by atoms with Crippen molar-refractivity contribution in [1.29, 1.82) is 0 Å². The molecule has 3 aromatic rings. The topological polar surface area (TPSA) is 42.7 Å². The van der Waals surface area contributed by atoms with Gasteiger partial charge in [-0.1, -0.05) is 11.6 Å². The second-order valence-corrected chi connectivity index (χ2v) is 7.09. The molecule has 0 aliphatic heterocycles. The van der Waals surface area contributed by atoms with Gasteiger partial charge in [0, 0.05) is 35.1 Å². The molecule has 0 aliphatic carbocycles. The number of benzene rings is 2. The van der Waals surface area contributed by atoms with Crippen molar-refractivity contribution in [1.82, 2.24) is 4.90 Å². The largest absolute Gasteiger partial charge is 0.496 e. The molecule has 3 rings (SSSR count). The first kappa shape index (κ1) is 18.5. The van der Waals surface area contributed by atoms with Gasteiger partial charge in [-0.2, -0.15) is 0 Å². The molecule has 0 atom stereocenters. The molecule has 0 aliphatic rings. The number of hydrogen-bond acceptors (Lipinski definition) is 4. The van der Waals surface area contributed by atoms with Gasteiger partial charge in [0.25, 0.3) is 0 Å². The van der Waals surface area contributed by atoms with Gasteiger partial charge in [0.15, 0.2) is 0 Å². The minimum atomic E-state index is -0.329. The van der Waals surface area contributed by atoms with Gasteiger partial charge in [-0.3, -0.25) is 4.90 Å². The van der Waals surface area contributed by atoms with Gasteiger partial charge in [0.1, 0.15) is 11.3 Å². The molecule has 0 saturated heterocycles. The summed E-state index contributed by atoms with van der Waals surface area (Å²) in [6.07, 6.45) is 0. The second-order valence-electron chi connectivity index (χ2n) is 6.65. The Morgan fingerprint density at radius 3 is 2.46 bits per heavy atom. The molecule has 0 radical (unpaired) electrons. The van der Waals surface area contributed by atoms with Crippen LogP contribution in [0.2, 0.25) is 5.02 Å². The predicted molar refractivity (Wildman–Crippen MR) is 105 cm³/mol. The molecule has 0 fully saturated rings. The molecule has 0 saturated carbocycles. The number of hydrogen-bond donors (Lipinski definition) is 0. The molecular formula is C21H22ClNO3. The van der Waals surface area contributed by atoms with E-state index >= 15 is 0 Å². The highest BCUT2D eigenvalue weighted by Gasteiger charge is 2.12. The normalized spacial score (nSPS) is 11.3. The van der Waals surface area contributed by atoms with Crippen LogP contribution in [-0.4, -0.2) is 19.1 Å². The summed E-state index contributed by atoms with van der Waals surface area (Å²) >= 11 is 6.12. The van der Waals surface area contributed by atoms with Crippen LogP contribution in [0, 0.1) is 13.8 Å². The van der Waals surface area contributed by atoms with E-state index in [0.29, 0.717) is 23.7 Å². The monoisotopic (exact) mass is 371 g/mol. The molecule has 1 aromatic heterocycles. The lowest BCUT2D eigenvalue weighted by molar-refractivity contribution is 0.310. The number of aryl methyl sites for hydroxylation is 2. The fraction of sp³-hybridized carbons (Fsp3) is 0.286. The summed E-state index contributed by atoms with van der Waals surface area (Å²) in [6, 6.07) is 11.2. The SMILES string of the molecule is COc1ccc(Cl)cc1CN(C)Cc1cc(=O)oc2cc(C)c(C)cc12. The number of ether oxygens (including phenoxy) is 1. The van der Waals surface area contributed by atoms with Crippen molar-refractivity contribution < 1.29 is 9.15 Å². The molecule has 0 unspecified atom stereocenters. The first-order chi connectivity index (χ1) is 12.4. The van der Waals surface area contributed by atoms with E-state index in [1.54, 1.807) is 13.2 Å². The van der Waals surface area contributed by atoms with Crippen LogP contribution < -0.4 is 10.4 Å². The summed E-state index contributed by atoms with van der Waals surface area (Å²) in [6.45, 7) is 5.33. The molecule has 1 heterocycles. The number of methoxy groups -OCH3 is 1. The van der Waals surface area contributed by atoms with Crippen LogP contribution in [0.3, 0.4) is 0 Å². The highest BCUT2D eigenvalue weighted by atomic mass is 35.5. The van der Waals surface area contributed by atoms with E-state index in [-0.39, 0.29) is 5.63 Å². The van der Waals surface area contributed by atoms with E-state index in [4.69, 9.17) is 20.8 Å². The third kappa shape index (κ3) is 3.92. The lowest BCUT2D eigenvalue weighted by Gasteiger charge is -2.19. The zero-order chi connectivity index (χ0) is 18.8. The van der Waals surface area contributed by atoms with E-state index in [0.717, 1.165) is 27.8 Å². The van der Waals surface area contributed by atoms with Gasteiger partial charge in [-0.25, -0.2) is 4.79 Å². The van der Waals surface area contributed by atoms with Crippen LogP contribution in [0.1, 0.15) is 22.3 Å².